The number of pyridine rings is 2. The molecule has 0 aliphatic carbocycles. The van der Waals surface area contributed by atoms with Gasteiger partial charge in [0.25, 0.3) is 0 Å². The van der Waals surface area contributed by atoms with E-state index >= 15 is 0 Å². The second-order valence-electron chi connectivity index (χ2n) is 5.22. The smallest absolute Gasteiger partial charge is 0.142 e. The van der Waals surface area contributed by atoms with E-state index in [1.165, 1.54) is 10.4 Å². The van der Waals surface area contributed by atoms with Crippen molar-refractivity contribution >= 4 is 11.3 Å². The minimum atomic E-state index is 0.336. The molecule has 0 spiro atoms. The highest BCUT2D eigenvalue weighted by molar-refractivity contribution is 7.14. The van der Waals surface area contributed by atoms with Crippen molar-refractivity contribution in [1.82, 2.24) is 19.9 Å². The summed E-state index contributed by atoms with van der Waals surface area (Å²) in [6, 6.07) is 10.4. The van der Waals surface area contributed by atoms with Crippen LogP contribution in [0.4, 0.5) is 0 Å². The number of thiazole rings is 1. The Bertz CT molecular complexity index is 712. The van der Waals surface area contributed by atoms with Gasteiger partial charge in [0, 0.05) is 42.3 Å². The van der Waals surface area contributed by atoms with Gasteiger partial charge >= 0.3 is 0 Å². The maximum absolute atomic E-state index is 4.49. The molecule has 0 amide bonds. The van der Waals surface area contributed by atoms with Gasteiger partial charge in [-0.3, -0.25) is 14.9 Å². The molecule has 3 heterocycles. The van der Waals surface area contributed by atoms with Gasteiger partial charge in [0.15, 0.2) is 0 Å². The Hall–Kier alpha value is -2.11. The zero-order chi connectivity index (χ0) is 15.4. The van der Waals surface area contributed by atoms with Crippen LogP contribution < -0.4 is 0 Å². The highest BCUT2D eigenvalue weighted by Crippen LogP contribution is 2.26. The topological polar surface area (TPSA) is 41.9 Å². The van der Waals surface area contributed by atoms with Crippen LogP contribution in [0.3, 0.4) is 0 Å². The van der Waals surface area contributed by atoms with Gasteiger partial charge in [0.05, 0.1) is 5.69 Å². The lowest BCUT2D eigenvalue weighted by atomic mass is 10.1. The molecule has 0 saturated heterocycles. The quantitative estimate of drug-likeness (QED) is 0.719. The van der Waals surface area contributed by atoms with Crippen molar-refractivity contribution in [2.75, 3.05) is 7.05 Å². The van der Waals surface area contributed by atoms with E-state index in [4.69, 9.17) is 0 Å². The van der Waals surface area contributed by atoms with E-state index in [2.05, 4.69) is 46.0 Å². The Balaban J connectivity index is 1.70. The first-order chi connectivity index (χ1) is 10.7. The Morgan fingerprint density at radius 1 is 1.09 bits per heavy atom. The van der Waals surface area contributed by atoms with E-state index in [9.17, 15) is 0 Å². The lowest BCUT2D eigenvalue weighted by Gasteiger charge is -2.24. The zero-order valence-corrected chi connectivity index (χ0v) is 13.5. The van der Waals surface area contributed by atoms with Crippen molar-refractivity contribution in [2.24, 2.45) is 0 Å². The van der Waals surface area contributed by atoms with Gasteiger partial charge in [0.2, 0.25) is 0 Å². The first-order valence-corrected chi connectivity index (χ1v) is 8.02. The molecule has 3 rings (SSSR count). The van der Waals surface area contributed by atoms with Gasteiger partial charge < -0.3 is 0 Å². The van der Waals surface area contributed by atoms with Crippen molar-refractivity contribution in [1.29, 1.82) is 0 Å². The second-order valence-corrected chi connectivity index (χ2v) is 6.33. The van der Waals surface area contributed by atoms with Crippen LogP contribution in [0.25, 0.3) is 10.7 Å². The summed E-state index contributed by atoms with van der Waals surface area (Å²) in [6.45, 7) is 3.07. The number of hydrogen-bond acceptors (Lipinski definition) is 5. The predicted octanol–water partition coefficient (Wildman–Crippen LogP) is 3.79. The number of hydrogen-bond donors (Lipinski definition) is 0. The maximum atomic E-state index is 4.49. The van der Waals surface area contributed by atoms with Crippen LogP contribution in [0.2, 0.25) is 0 Å². The van der Waals surface area contributed by atoms with E-state index in [1.807, 2.05) is 36.8 Å². The van der Waals surface area contributed by atoms with E-state index in [0.29, 0.717) is 6.04 Å². The minimum absolute atomic E-state index is 0.336. The van der Waals surface area contributed by atoms with Crippen LogP contribution in [-0.2, 0) is 6.54 Å². The van der Waals surface area contributed by atoms with E-state index in [-0.39, 0.29) is 0 Å². The second kappa shape index (κ2) is 6.77. The molecule has 0 bridgehead atoms. The van der Waals surface area contributed by atoms with Crippen LogP contribution in [0.5, 0.6) is 0 Å². The molecule has 3 aromatic rings. The summed E-state index contributed by atoms with van der Waals surface area (Å²) in [5.74, 6) is 0. The molecular weight excluding hydrogens is 292 g/mol. The van der Waals surface area contributed by atoms with Crippen LogP contribution in [0, 0.1) is 0 Å². The summed E-state index contributed by atoms with van der Waals surface area (Å²) < 4.78 is 0. The van der Waals surface area contributed by atoms with Gasteiger partial charge in [0.1, 0.15) is 5.01 Å². The van der Waals surface area contributed by atoms with Gasteiger partial charge in [-0.1, -0.05) is 6.07 Å². The lowest BCUT2D eigenvalue weighted by molar-refractivity contribution is 0.255. The molecule has 0 saturated carbocycles. The first kappa shape index (κ1) is 14.8. The van der Waals surface area contributed by atoms with Gasteiger partial charge in [-0.05, 0) is 43.8 Å². The van der Waals surface area contributed by atoms with Crippen molar-refractivity contribution in [3.8, 4) is 10.7 Å². The Kier molecular flexibility index (Phi) is 4.56. The molecule has 4 nitrogen and oxygen atoms in total. The first-order valence-electron chi connectivity index (χ1n) is 7.20. The van der Waals surface area contributed by atoms with E-state index in [1.54, 1.807) is 17.5 Å². The fourth-order valence-electron chi connectivity index (χ4n) is 2.27. The molecule has 0 radical (unpaired) electrons. The van der Waals surface area contributed by atoms with E-state index in [0.717, 1.165) is 17.2 Å². The third-order valence-corrected chi connectivity index (χ3v) is 4.70. The molecule has 0 aliphatic heterocycles. The molecule has 112 valence electrons. The molecule has 22 heavy (non-hydrogen) atoms. The summed E-state index contributed by atoms with van der Waals surface area (Å²) in [5.41, 5.74) is 2.20. The maximum Gasteiger partial charge on any atom is 0.142 e. The van der Waals surface area contributed by atoms with Crippen molar-refractivity contribution in [3.63, 3.8) is 0 Å². The largest absolute Gasteiger partial charge is 0.295 e. The monoisotopic (exact) mass is 310 g/mol. The molecule has 0 N–H and O–H groups in total. The fraction of sp³-hybridized carbons (Fsp3) is 0.235. The van der Waals surface area contributed by atoms with Crippen LogP contribution in [0.15, 0.2) is 55.1 Å². The molecule has 3 aromatic heterocycles. The normalized spacial score (nSPS) is 12.5. The minimum Gasteiger partial charge on any atom is -0.295 e. The molecule has 0 aliphatic rings. The summed E-state index contributed by atoms with van der Waals surface area (Å²) in [6.07, 6.45) is 7.43. The standard InChI is InChI=1S/C17H18N4S/c1-13(14-6-9-18-10-7-14)21(2)12-15-11-20-17(22-15)16-5-3-4-8-19-16/h3-11,13H,12H2,1-2H3/t13-/m1/s1. The molecule has 0 unspecified atom stereocenters. The fourth-order valence-corrected chi connectivity index (χ4v) is 3.22. The molecule has 0 aromatic carbocycles. The number of rotatable bonds is 5. The average Bonchev–Trinajstić information content (AvgIpc) is 3.04. The number of aromatic nitrogens is 3. The number of nitrogens with zero attached hydrogens (tertiary/aromatic N) is 4. The van der Waals surface area contributed by atoms with Gasteiger partial charge in [-0.15, -0.1) is 11.3 Å². The van der Waals surface area contributed by atoms with Crippen molar-refractivity contribution in [2.45, 2.75) is 19.5 Å². The summed E-state index contributed by atoms with van der Waals surface area (Å²) in [7, 11) is 2.13. The third-order valence-electron chi connectivity index (χ3n) is 3.69. The third kappa shape index (κ3) is 3.37. The highest BCUT2D eigenvalue weighted by Gasteiger charge is 2.14. The van der Waals surface area contributed by atoms with E-state index < -0.39 is 0 Å². The molecular formula is C17H18N4S. The Labute approximate surface area is 134 Å². The molecule has 1 atom stereocenters. The van der Waals surface area contributed by atoms with Gasteiger partial charge in [-0.2, -0.15) is 0 Å². The SMILES string of the molecule is C[C@H](c1ccncc1)N(C)Cc1cnc(-c2ccccn2)s1. The average molecular weight is 310 g/mol. The molecule has 5 heteroatoms. The summed E-state index contributed by atoms with van der Waals surface area (Å²) in [4.78, 5) is 16.5. The summed E-state index contributed by atoms with van der Waals surface area (Å²) >= 11 is 1.70. The van der Waals surface area contributed by atoms with Crippen molar-refractivity contribution in [3.05, 3.63) is 65.6 Å². The van der Waals surface area contributed by atoms with Crippen LogP contribution >= 0.6 is 11.3 Å². The van der Waals surface area contributed by atoms with Crippen LogP contribution in [0.1, 0.15) is 23.4 Å². The highest BCUT2D eigenvalue weighted by atomic mass is 32.1. The van der Waals surface area contributed by atoms with Crippen molar-refractivity contribution < 1.29 is 0 Å². The predicted molar refractivity (Wildman–Crippen MR) is 89.5 cm³/mol. The van der Waals surface area contributed by atoms with Gasteiger partial charge in [-0.25, -0.2) is 4.98 Å². The zero-order valence-electron chi connectivity index (χ0n) is 12.7. The Morgan fingerprint density at radius 3 is 2.64 bits per heavy atom. The summed E-state index contributed by atoms with van der Waals surface area (Å²) in [5, 5.41) is 0.973. The molecule has 0 fully saturated rings. The Morgan fingerprint density at radius 2 is 1.91 bits per heavy atom. The van der Waals surface area contributed by atoms with Crippen LogP contribution in [-0.4, -0.2) is 26.9 Å². The lowest BCUT2D eigenvalue weighted by Crippen LogP contribution is -2.21.